The maximum absolute atomic E-state index is 13.5. The molecule has 1 amide bonds. The third-order valence-corrected chi connectivity index (χ3v) is 14.2. The fourth-order valence-corrected chi connectivity index (χ4v) is 11.4. The SMILES string of the molecule is Cc1ccc(NC(=O)[C@H](CO[C@H](C)CO[Si](C(C)C)(C(C)C)C(C)C)Oc2ncnc3c2cnn3-c2ncccc2Cl)nc1. The van der Waals surface area contributed by atoms with E-state index in [4.69, 9.17) is 25.5 Å². The molecule has 44 heavy (non-hydrogen) atoms. The molecule has 4 rings (SSSR count). The Bertz CT molecular complexity index is 1530. The van der Waals surface area contributed by atoms with Crippen LogP contribution in [-0.4, -0.2) is 69.4 Å². The summed E-state index contributed by atoms with van der Waals surface area (Å²) in [6.45, 7) is 17.7. The molecule has 1 N–H and O–H groups in total. The number of anilines is 1. The van der Waals surface area contributed by atoms with Crippen molar-refractivity contribution >= 4 is 42.7 Å². The Kier molecular flexibility index (Phi) is 11.1. The molecule has 0 aromatic carbocycles. The Balaban J connectivity index is 1.56. The number of fused-ring (bicyclic) bond motifs is 1. The van der Waals surface area contributed by atoms with E-state index < -0.39 is 20.3 Å². The van der Waals surface area contributed by atoms with E-state index in [1.807, 2.05) is 19.9 Å². The average molecular weight is 640 g/mol. The average Bonchev–Trinajstić information content (AvgIpc) is 3.41. The lowest BCUT2D eigenvalue weighted by molar-refractivity contribution is -0.127. The molecular formula is C31H42ClN7O4Si. The van der Waals surface area contributed by atoms with Gasteiger partial charge in [-0.1, -0.05) is 59.2 Å². The van der Waals surface area contributed by atoms with E-state index in [9.17, 15) is 4.79 Å². The van der Waals surface area contributed by atoms with E-state index in [1.54, 1.807) is 36.8 Å². The first-order valence-electron chi connectivity index (χ1n) is 14.9. The van der Waals surface area contributed by atoms with Gasteiger partial charge in [-0.05, 0) is 54.2 Å². The van der Waals surface area contributed by atoms with Crippen molar-refractivity contribution in [2.24, 2.45) is 0 Å². The molecule has 236 valence electrons. The Morgan fingerprint density at radius 1 is 0.955 bits per heavy atom. The topological polar surface area (TPSA) is 126 Å². The fourth-order valence-electron chi connectivity index (χ4n) is 5.71. The van der Waals surface area contributed by atoms with Gasteiger partial charge < -0.3 is 19.2 Å². The zero-order chi connectivity index (χ0) is 32.0. The van der Waals surface area contributed by atoms with Crippen molar-refractivity contribution in [3.63, 3.8) is 0 Å². The van der Waals surface area contributed by atoms with Crippen molar-refractivity contribution in [1.82, 2.24) is 29.7 Å². The molecule has 0 radical (unpaired) electrons. The zero-order valence-electron chi connectivity index (χ0n) is 26.6. The van der Waals surface area contributed by atoms with Crippen LogP contribution in [0.1, 0.15) is 54.0 Å². The van der Waals surface area contributed by atoms with Gasteiger partial charge in [0.1, 0.15) is 17.5 Å². The molecule has 0 saturated carbocycles. The highest BCUT2D eigenvalue weighted by Crippen LogP contribution is 2.42. The van der Waals surface area contributed by atoms with Crippen molar-refractivity contribution in [3.05, 3.63) is 59.8 Å². The standard InChI is InChI=1S/C31H42ClN7O4Si/c1-19(2)44(20(3)4,21(5)6)42-16-23(8)41-17-26(30(40)38-27-12-11-22(7)14-34-27)43-31-24-15-37-39(28(24)35-18-36-31)29-25(32)10-9-13-33-29/h9-15,18-21,23,26H,16-17H2,1-8H3,(H,34,38,40)/t23-,26+/m1/s1. The van der Waals surface area contributed by atoms with Gasteiger partial charge >= 0.3 is 0 Å². The Labute approximate surface area is 264 Å². The second-order valence-electron chi connectivity index (χ2n) is 11.9. The number of ether oxygens (including phenoxy) is 2. The molecule has 0 aliphatic carbocycles. The summed E-state index contributed by atoms with van der Waals surface area (Å²) < 4.78 is 20.6. The molecule has 4 aromatic rings. The van der Waals surface area contributed by atoms with Gasteiger partial charge in [0.2, 0.25) is 12.0 Å². The van der Waals surface area contributed by atoms with Crippen LogP contribution in [0.5, 0.6) is 5.88 Å². The first kappa shape index (κ1) is 33.4. The van der Waals surface area contributed by atoms with Crippen molar-refractivity contribution in [2.75, 3.05) is 18.5 Å². The van der Waals surface area contributed by atoms with Crippen molar-refractivity contribution < 1.29 is 18.7 Å². The Morgan fingerprint density at radius 3 is 2.32 bits per heavy atom. The third-order valence-electron chi connectivity index (χ3n) is 7.79. The highest BCUT2D eigenvalue weighted by molar-refractivity contribution is 6.77. The molecule has 0 bridgehead atoms. The number of rotatable bonds is 14. The fraction of sp³-hybridized carbons (Fsp3) is 0.484. The van der Waals surface area contributed by atoms with Crippen LogP contribution in [0.2, 0.25) is 21.6 Å². The van der Waals surface area contributed by atoms with E-state index in [1.165, 1.54) is 11.0 Å². The summed E-state index contributed by atoms with van der Waals surface area (Å²) in [5.41, 5.74) is 2.74. The largest absolute Gasteiger partial charge is 0.461 e. The van der Waals surface area contributed by atoms with Gasteiger partial charge in [-0.2, -0.15) is 9.78 Å². The summed E-state index contributed by atoms with van der Waals surface area (Å²) in [7, 11) is -2.08. The van der Waals surface area contributed by atoms with Gasteiger partial charge in [0.05, 0.1) is 30.5 Å². The van der Waals surface area contributed by atoms with Crippen LogP contribution in [0.15, 0.2) is 49.2 Å². The second kappa shape index (κ2) is 14.6. The number of halogens is 1. The summed E-state index contributed by atoms with van der Waals surface area (Å²) in [4.78, 5) is 30.9. The van der Waals surface area contributed by atoms with Crippen molar-refractivity contribution in [2.45, 2.75) is 84.2 Å². The number of pyridine rings is 2. The second-order valence-corrected chi connectivity index (χ2v) is 17.7. The van der Waals surface area contributed by atoms with Crippen LogP contribution >= 0.6 is 11.6 Å². The summed E-state index contributed by atoms with van der Waals surface area (Å²) in [5, 5.41) is 8.13. The van der Waals surface area contributed by atoms with Crippen molar-refractivity contribution in [3.8, 4) is 11.7 Å². The van der Waals surface area contributed by atoms with Gasteiger partial charge in [0, 0.05) is 12.4 Å². The minimum absolute atomic E-state index is 0.0481. The summed E-state index contributed by atoms with van der Waals surface area (Å²) in [6.07, 6.45) is 4.84. The summed E-state index contributed by atoms with van der Waals surface area (Å²) in [6, 6.07) is 7.05. The van der Waals surface area contributed by atoms with E-state index >= 15 is 0 Å². The molecule has 0 saturated heterocycles. The predicted molar refractivity (Wildman–Crippen MR) is 174 cm³/mol. The molecule has 11 nitrogen and oxygen atoms in total. The number of hydrogen-bond donors (Lipinski definition) is 1. The molecular weight excluding hydrogens is 598 g/mol. The van der Waals surface area contributed by atoms with E-state index in [-0.39, 0.29) is 18.6 Å². The number of aromatic nitrogens is 6. The third kappa shape index (κ3) is 7.43. The number of nitrogens with zero attached hydrogens (tertiary/aromatic N) is 6. The minimum atomic E-state index is -2.08. The van der Waals surface area contributed by atoms with Crippen LogP contribution in [0, 0.1) is 6.92 Å². The normalized spacial score (nSPS) is 13.5. The quantitative estimate of drug-likeness (QED) is 0.153. The van der Waals surface area contributed by atoms with Gasteiger partial charge in [0.25, 0.3) is 5.91 Å². The minimum Gasteiger partial charge on any atom is -0.461 e. The number of nitrogens with one attached hydrogen (secondary N) is 1. The molecule has 0 aliphatic heterocycles. The molecule has 2 atom stereocenters. The van der Waals surface area contributed by atoms with Gasteiger partial charge in [-0.25, -0.2) is 19.9 Å². The number of amides is 1. The van der Waals surface area contributed by atoms with Crippen LogP contribution in [0.4, 0.5) is 5.82 Å². The number of hydrogen-bond acceptors (Lipinski definition) is 9. The Hall–Kier alpha value is -3.45. The van der Waals surface area contributed by atoms with Crippen LogP contribution in [0.3, 0.4) is 0 Å². The van der Waals surface area contributed by atoms with Crippen LogP contribution < -0.4 is 10.1 Å². The van der Waals surface area contributed by atoms with Crippen molar-refractivity contribution in [1.29, 1.82) is 0 Å². The Morgan fingerprint density at radius 2 is 1.68 bits per heavy atom. The molecule has 0 aliphatic rings. The van der Waals surface area contributed by atoms with Gasteiger partial charge in [-0.3, -0.25) is 4.79 Å². The summed E-state index contributed by atoms with van der Waals surface area (Å²) >= 11 is 6.36. The van der Waals surface area contributed by atoms with E-state index in [0.29, 0.717) is 50.9 Å². The number of carbonyl (C=O) groups excluding carboxylic acids is 1. The predicted octanol–water partition coefficient (Wildman–Crippen LogP) is 6.55. The zero-order valence-corrected chi connectivity index (χ0v) is 28.4. The lowest BCUT2D eigenvalue weighted by Crippen LogP contribution is -2.49. The summed E-state index contributed by atoms with van der Waals surface area (Å²) in [5.74, 6) is 0.549. The highest BCUT2D eigenvalue weighted by atomic mass is 35.5. The van der Waals surface area contributed by atoms with Crippen LogP contribution in [-0.2, 0) is 14.0 Å². The molecule has 0 spiro atoms. The number of aryl methyl sites for hydroxylation is 1. The van der Waals surface area contributed by atoms with Gasteiger partial charge in [0.15, 0.2) is 19.8 Å². The molecule has 4 aromatic heterocycles. The number of carbonyl (C=O) groups is 1. The first-order chi connectivity index (χ1) is 20.9. The molecule has 0 unspecified atom stereocenters. The van der Waals surface area contributed by atoms with E-state index in [2.05, 4.69) is 71.9 Å². The molecule has 4 heterocycles. The maximum atomic E-state index is 13.5. The first-order valence-corrected chi connectivity index (χ1v) is 17.4. The smallest absolute Gasteiger partial charge is 0.269 e. The van der Waals surface area contributed by atoms with Gasteiger partial charge in [-0.15, -0.1) is 0 Å². The lowest BCUT2D eigenvalue weighted by Gasteiger charge is -2.42. The lowest BCUT2D eigenvalue weighted by atomic mass is 10.3. The molecule has 0 fully saturated rings. The maximum Gasteiger partial charge on any atom is 0.269 e. The highest BCUT2D eigenvalue weighted by Gasteiger charge is 2.45. The monoisotopic (exact) mass is 639 g/mol. The van der Waals surface area contributed by atoms with E-state index in [0.717, 1.165) is 5.56 Å². The van der Waals surface area contributed by atoms with Crippen LogP contribution in [0.25, 0.3) is 16.9 Å². The molecule has 13 heteroatoms.